The molecule has 1 aromatic heterocycles. The summed E-state index contributed by atoms with van der Waals surface area (Å²) in [6.07, 6.45) is 7.89. The molecule has 86 valence electrons. The SMILES string of the molecule is NCCN(C(=O)c1cncnc1)C1CCC1. The fraction of sp³-hybridized carbons (Fsp3) is 0.545. The van der Waals surface area contributed by atoms with E-state index in [1.165, 1.54) is 12.7 Å². The molecule has 1 saturated carbocycles. The molecule has 2 N–H and O–H groups in total. The molecule has 1 fully saturated rings. The molecule has 5 heteroatoms. The summed E-state index contributed by atoms with van der Waals surface area (Å²) in [5.41, 5.74) is 6.08. The molecule has 0 atom stereocenters. The summed E-state index contributed by atoms with van der Waals surface area (Å²) < 4.78 is 0. The topological polar surface area (TPSA) is 72.1 Å². The second-order valence-corrected chi connectivity index (χ2v) is 4.00. The van der Waals surface area contributed by atoms with Crippen molar-refractivity contribution < 1.29 is 4.79 Å². The van der Waals surface area contributed by atoms with Crippen LogP contribution in [0.5, 0.6) is 0 Å². The van der Waals surface area contributed by atoms with Crippen LogP contribution in [0.4, 0.5) is 0 Å². The van der Waals surface area contributed by atoms with Crippen LogP contribution in [0.15, 0.2) is 18.7 Å². The molecule has 2 rings (SSSR count). The summed E-state index contributed by atoms with van der Waals surface area (Å²) in [6.45, 7) is 1.11. The Morgan fingerprint density at radius 1 is 1.44 bits per heavy atom. The van der Waals surface area contributed by atoms with E-state index in [2.05, 4.69) is 9.97 Å². The summed E-state index contributed by atoms with van der Waals surface area (Å²) in [5, 5.41) is 0. The monoisotopic (exact) mass is 220 g/mol. The summed E-state index contributed by atoms with van der Waals surface area (Å²) in [6, 6.07) is 0.358. The van der Waals surface area contributed by atoms with Crippen LogP contribution in [0, 0.1) is 0 Å². The molecule has 0 unspecified atom stereocenters. The van der Waals surface area contributed by atoms with Crippen molar-refractivity contribution >= 4 is 5.91 Å². The van der Waals surface area contributed by atoms with E-state index in [4.69, 9.17) is 5.73 Å². The second kappa shape index (κ2) is 5.03. The lowest BCUT2D eigenvalue weighted by Crippen LogP contribution is -2.46. The predicted molar refractivity (Wildman–Crippen MR) is 59.8 cm³/mol. The van der Waals surface area contributed by atoms with E-state index in [0.717, 1.165) is 12.8 Å². The molecule has 0 aliphatic heterocycles. The zero-order valence-electron chi connectivity index (χ0n) is 9.17. The summed E-state index contributed by atoms with van der Waals surface area (Å²) >= 11 is 0. The van der Waals surface area contributed by atoms with Crippen LogP contribution in [0.3, 0.4) is 0 Å². The Kier molecular flexibility index (Phi) is 3.46. The van der Waals surface area contributed by atoms with Gasteiger partial charge in [0.2, 0.25) is 0 Å². The molecular formula is C11H16N4O. The minimum Gasteiger partial charge on any atom is -0.334 e. The highest BCUT2D eigenvalue weighted by Crippen LogP contribution is 2.25. The van der Waals surface area contributed by atoms with Gasteiger partial charge in [-0.05, 0) is 19.3 Å². The van der Waals surface area contributed by atoms with E-state index >= 15 is 0 Å². The molecule has 0 bridgehead atoms. The minimum atomic E-state index is -0.00394. The predicted octanol–water partition coefficient (Wildman–Crippen LogP) is 0.430. The number of nitrogens with two attached hydrogens (primary N) is 1. The van der Waals surface area contributed by atoms with Gasteiger partial charge in [-0.25, -0.2) is 9.97 Å². The first-order chi connectivity index (χ1) is 7.83. The van der Waals surface area contributed by atoms with Crippen LogP contribution in [0.25, 0.3) is 0 Å². The summed E-state index contributed by atoms with van der Waals surface area (Å²) in [4.78, 5) is 21.7. The van der Waals surface area contributed by atoms with Crippen molar-refractivity contribution in [3.8, 4) is 0 Å². The fourth-order valence-electron chi connectivity index (χ4n) is 1.86. The fourth-order valence-corrected chi connectivity index (χ4v) is 1.86. The van der Waals surface area contributed by atoms with Crippen molar-refractivity contribution in [3.05, 3.63) is 24.3 Å². The number of nitrogens with zero attached hydrogens (tertiary/aromatic N) is 3. The zero-order chi connectivity index (χ0) is 11.4. The number of carbonyl (C=O) groups is 1. The largest absolute Gasteiger partial charge is 0.334 e. The van der Waals surface area contributed by atoms with Crippen molar-refractivity contribution in [3.63, 3.8) is 0 Å². The van der Waals surface area contributed by atoms with Gasteiger partial charge in [-0.1, -0.05) is 0 Å². The number of carbonyl (C=O) groups excluding carboxylic acids is 1. The van der Waals surface area contributed by atoms with Crippen LogP contribution in [0.1, 0.15) is 29.6 Å². The van der Waals surface area contributed by atoms with Crippen molar-refractivity contribution in [1.82, 2.24) is 14.9 Å². The average Bonchev–Trinajstić information content (AvgIpc) is 2.26. The third kappa shape index (κ3) is 2.19. The third-order valence-electron chi connectivity index (χ3n) is 2.95. The molecule has 1 amide bonds. The smallest absolute Gasteiger partial charge is 0.257 e. The van der Waals surface area contributed by atoms with Gasteiger partial charge in [0.25, 0.3) is 5.91 Å². The molecule has 0 spiro atoms. The van der Waals surface area contributed by atoms with Crippen LogP contribution in [0.2, 0.25) is 0 Å². The van der Waals surface area contributed by atoms with Crippen molar-refractivity contribution in [1.29, 1.82) is 0 Å². The molecule has 1 aliphatic carbocycles. The molecule has 1 aliphatic rings. The Bertz CT molecular complexity index is 350. The van der Waals surface area contributed by atoms with Crippen LogP contribution in [-0.2, 0) is 0 Å². The molecule has 0 saturated heterocycles. The van der Waals surface area contributed by atoms with Crippen LogP contribution >= 0.6 is 0 Å². The van der Waals surface area contributed by atoms with Gasteiger partial charge in [0, 0.05) is 31.5 Å². The standard InChI is InChI=1S/C11H16N4O/c12-4-5-15(10-2-1-3-10)11(16)9-6-13-8-14-7-9/h6-8,10H,1-5,12H2. The minimum absolute atomic E-state index is 0.00394. The van der Waals surface area contributed by atoms with Gasteiger partial charge < -0.3 is 10.6 Å². The second-order valence-electron chi connectivity index (χ2n) is 4.00. The lowest BCUT2D eigenvalue weighted by atomic mass is 9.91. The maximum atomic E-state index is 12.2. The van der Waals surface area contributed by atoms with Crippen LogP contribution in [-0.4, -0.2) is 39.9 Å². The highest BCUT2D eigenvalue weighted by atomic mass is 16.2. The van der Waals surface area contributed by atoms with E-state index in [9.17, 15) is 4.79 Å². The highest BCUT2D eigenvalue weighted by Gasteiger charge is 2.28. The van der Waals surface area contributed by atoms with Crippen molar-refractivity contribution in [2.75, 3.05) is 13.1 Å². The Balaban J connectivity index is 2.10. The average molecular weight is 220 g/mol. The zero-order valence-corrected chi connectivity index (χ0v) is 9.17. The molecule has 1 heterocycles. The molecule has 1 aromatic rings. The lowest BCUT2D eigenvalue weighted by Gasteiger charge is -2.37. The van der Waals surface area contributed by atoms with E-state index in [1.807, 2.05) is 4.90 Å². The molecular weight excluding hydrogens is 204 g/mol. The first-order valence-electron chi connectivity index (χ1n) is 5.59. The Morgan fingerprint density at radius 3 is 2.62 bits per heavy atom. The number of amides is 1. The third-order valence-corrected chi connectivity index (χ3v) is 2.95. The van der Waals surface area contributed by atoms with Gasteiger partial charge in [0.1, 0.15) is 6.33 Å². The molecule has 0 aromatic carbocycles. The molecule has 5 nitrogen and oxygen atoms in total. The quantitative estimate of drug-likeness (QED) is 0.798. The first kappa shape index (κ1) is 11.0. The number of aromatic nitrogens is 2. The van der Waals surface area contributed by atoms with Crippen LogP contribution < -0.4 is 5.73 Å². The normalized spacial score (nSPS) is 15.6. The van der Waals surface area contributed by atoms with E-state index in [1.54, 1.807) is 12.4 Å². The van der Waals surface area contributed by atoms with Gasteiger partial charge in [-0.15, -0.1) is 0 Å². The Labute approximate surface area is 94.7 Å². The Hall–Kier alpha value is -1.49. The summed E-state index contributed by atoms with van der Waals surface area (Å²) in [5.74, 6) is -0.00394. The van der Waals surface area contributed by atoms with Gasteiger partial charge in [0.05, 0.1) is 5.56 Å². The number of rotatable bonds is 4. The first-order valence-corrected chi connectivity index (χ1v) is 5.59. The van der Waals surface area contributed by atoms with E-state index in [-0.39, 0.29) is 5.91 Å². The number of hydrogen-bond acceptors (Lipinski definition) is 4. The van der Waals surface area contributed by atoms with Gasteiger partial charge in [0.15, 0.2) is 0 Å². The van der Waals surface area contributed by atoms with Gasteiger partial charge in [-0.2, -0.15) is 0 Å². The highest BCUT2D eigenvalue weighted by molar-refractivity contribution is 5.93. The maximum Gasteiger partial charge on any atom is 0.257 e. The molecule has 16 heavy (non-hydrogen) atoms. The summed E-state index contributed by atoms with van der Waals surface area (Å²) in [7, 11) is 0. The maximum absolute atomic E-state index is 12.2. The van der Waals surface area contributed by atoms with Crippen molar-refractivity contribution in [2.45, 2.75) is 25.3 Å². The van der Waals surface area contributed by atoms with Gasteiger partial charge >= 0.3 is 0 Å². The molecule has 0 radical (unpaired) electrons. The lowest BCUT2D eigenvalue weighted by molar-refractivity contribution is 0.0588. The Morgan fingerprint density at radius 2 is 2.12 bits per heavy atom. The van der Waals surface area contributed by atoms with E-state index in [0.29, 0.717) is 24.7 Å². The van der Waals surface area contributed by atoms with Gasteiger partial charge in [-0.3, -0.25) is 4.79 Å². The van der Waals surface area contributed by atoms with E-state index < -0.39 is 0 Å². The number of hydrogen-bond donors (Lipinski definition) is 1. The van der Waals surface area contributed by atoms with Crippen molar-refractivity contribution in [2.24, 2.45) is 5.73 Å².